The van der Waals surface area contributed by atoms with E-state index in [0.717, 1.165) is 29.6 Å². The van der Waals surface area contributed by atoms with Crippen LogP contribution in [0.2, 0.25) is 0 Å². The lowest BCUT2D eigenvalue weighted by molar-refractivity contribution is -0.00887. The number of H-pyrrole nitrogens is 1. The number of imidazole rings is 1. The van der Waals surface area contributed by atoms with Crippen LogP contribution in [0.4, 0.5) is 8.78 Å². The Bertz CT molecular complexity index is 698. The number of benzene rings is 1. The van der Waals surface area contributed by atoms with E-state index in [2.05, 4.69) is 9.97 Å². The second-order valence-corrected chi connectivity index (χ2v) is 7.57. The third kappa shape index (κ3) is 1.65. The highest BCUT2D eigenvalue weighted by atomic mass is 19.1. The van der Waals surface area contributed by atoms with E-state index >= 15 is 0 Å². The van der Waals surface area contributed by atoms with Crippen LogP contribution < -0.4 is 0 Å². The van der Waals surface area contributed by atoms with Crippen molar-refractivity contribution in [1.82, 2.24) is 9.97 Å². The van der Waals surface area contributed by atoms with Crippen molar-refractivity contribution < 1.29 is 8.78 Å². The van der Waals surface area contributed by atoms with Crippen LogP contribution in [0.1, 0.15) is 44.3 Å². The number of hydrogen-bond donors (Lipinski definition) is 1. The number of aromatic amines is 1. The summed E-state index contributed by atoms with van der Waals surface area (Å²) in [6.45, 7) is 0. The lowest BCUT2D eigenvalue weighted by Gasteiger charge is -2.55. The van der Waals surface area contributed by atoms with Gasteiger partial charge in [0.25, 0.3) is 0 Å². The molecule has 4 saturated carbocycles. The molecule has 0 radical (unpaired) electrons. The fourth-order valence-corrected chi connectivity index (χ4v) is 5.69. The molecule has 0 spiro atoms. The molecule has 4 aliphatic rings. The molecule has 1 heterocycles. The average molecular weight is 288 g/mol. The Labute approximate surface area is 122 Å². The van der Waals surface area contributed by atoms with E-state index in [-0.39, 0.29) is 5.41 Å². The first-order valence-electron chi connectivity index (χ1n) is 7.96. The SMILES string of the molecule is Fc1cc(F)c2nc(C34CC5CC(CC(C5)C3)C4)[nH]c2c1. The van der Waals surface area contributed by atoms with E-state index in [4.69, 9.17) is 0 Å². The topological polar surface area (TPSA) is 28.7 Å². The summed E-state index contributed by atoms with van der Waals surface area (Å²) in [5.41, 5.74) is 0.886. The van der Waals surface area contributed by atoms with Crippen molar-refractivity contribution in [1.29, 1.82) is 0 Å². The largest absolute Gasteiger partial charge is 0.341 e. The Morgan fingerprint density at radius 3 is 2.24 bits per heavy atom. The summed E-state index contributed by atoms with van der Waals surface area (Å²) in [6.07, 6.45) is 7.60. The highest BCUT2D eigenvalue weighted by molar-refractivity contribution is 5.76. The maximum Gasteiger partial charge on any atom is 0.153 e. The van der Waals surface area contributed by atoms with E-state index in [9.17, 15) is 8.78 Å². The molecule has 0 amide bonds. The first kappa shape index (κ1) is 12.1. The summed E-state index contributed by atoms with van der Waals surface area (Å²) in [6, 6.07) is 2.28. The van der Waals surface area contributed by atoms with Crippen LogP contribution >= 0.6 is 0 Å². The number of fused-ring (bicyclic) bond motifs is 1. The fourth-order valence-electron chi connectivity index (χ4n) is 5.69. The minimum absolute atomic E-state index is 0.0939. The van der Waals surface area contributed by atoms with Crippen molar-refractivity contribution in [3.63, 3.8) is 0 Å². The van der Waals surface area contributed by atoms with Crippen LogP contribution in [-0.2, 0) is 5.41 Å². The van der Waals surface area contributed by atoms with Crippen LogP contribution in [0.5, 0.6) is 0 Å². The van der Waals surface area contributed by atoms with E-state index < -0.39 is 11.6 Å². The lowest BCUT2D eigenvalue weighted by atomic mass is 9.49. The Morgan fingerprint density at radius 2 is 1.62 bits per heavy atom. The summed E-state index contributed by atoms with van der Waals surface area (Å²) in [5.74, 6) is 2.24. The number of rotatable bonds is 1. The maximum atomic E-state index is 13.9. The van der Waals surface area contributed by atoms with Crippen molar-refractivity contribution in [3.05, 3.63) is 29.6 Å². The molecule has 2 nitrogen and oxygen atoms in total. The minimum atomic E-state index is -0.558. The molecule has 4 fully saturated rings. The van der Waals surface area contributed by atoms with Crippen LogP contribution in [-0.4, -0.2) is 9.97 Å². The Kier molecular flexibility index (Phi) is 2.22. The molecule has 0 unspecified atom stereocenters. The average Bonchev–Trinajstić information content (AvgIpc) is 2.82. The second-order valence-electron chi connectivity index (χ2n) is 7.57. The van der Waals surface area contributed by atoms with Crippen LogP contribution in [0, 0.1) is 29.4 Å². The van der Waals surface area contributed by atoms with E-state index in [1.54, 1.807) is 0 Å². The van der Waals surface area contributed by atoms with Gasteiger partial charge in [0.1, 0.15) is 17.2 Å². The molecule has 4 aliphatic carbocycles. The van der Waals surface area contributed by atoms with Gasteiger partial charge in [0.2, 0.25) is 0 Å². The van der Waals surface area contributed by atoms with Crippen LogP contribution in [0.25, 0.3) is 11.0 Å². The number of nitrogens with zero attached hydrogens (tertiary/aromatic N) is 1. The molecule has 6 rings (SSSR count). The first-order valence-corrected chi connectivity index (χ1v) is 7.96. The zero-order valence-electron chi connectivity index (χ0n) is 11.8. The first-order chi connectivity index (χ1) is 10.1. The molecule has 0 saturated heterocycles. The quantitative estimate of drug-likeness (QED) is 0.832. The molecular formula is C17H18F2N2. The van der Waals surface area contributed by atoms with Crippen molar-refractivity contribution in [2.24, 2.45) is 17.8 Å². The van der Waals surface area contributed by atoms with Gasteiger partial charge in [-0.2, -0.15) is 0 Å². The molecule has 0 atom stereocenters. The van der Waals surface area contributed by atoms with Gasteiger partial charge >= 0.3 is 0 Å². The predicted molar refractivity (Wildman–Crippen MR) is 75.9 cm³/mol. The predicted octanol–water partition coefficient (Wildman–Crippen LogP) is 4.31. The Balaban J connectivity index is 1.65. The molecule has 4 heteroatoms. The summed E-state index contributed by atoms with van der Waals surface area (Å²) < 4.78 is 27.3. The Hall–Kier alpha value is -1.45. The smallest absolute Gasteiger partial charge is 0.153 e. The minimum Gasteiger partial charge on any atom is -0.341 e. The second kappa shape index (κ2) is 3.84. The van der Waals surface area contributed by atoms with E-state index in [1.807, 2.05) is 0 Å². The monoisotopic (exact) mass is 288 g/mol. The van der Waals surface area contributed by atoms with Gasteiger partial charge in [-0.1, -0.05) is 0 Å². The van der Waals surface area contributed by atoms with Gasteiger partial charge in [0.05, 0.1) is 5.52 Å². The molecule has 1 aromatic carbocycles. The molecule has 21 heavy (non-hydrogen) atoms. The molecule has 4 bridgehead atoms. The molecule has 1 aromatic heterocycles. The summed E-state index contributed by atoms with van der Waals surface area (Å²) in [4.78, 5) is 7.79. The molecule has 1 N–H and O–H groups in total. The maximum absolute atomic E-state index is 13.9. The van der Waals surface area contributed by atoms with Gasteiger partial charge in [0.15, 0.2) is 5.82 Å². The zero-order chi connectivity index (χ0) is 14.2. The number of nitrogens with one attached hydrogen (secondary N) is 1. The van der Waals surface area contributed by atoms with Crippen LogP contribution in [0.15, 0.2) is 12.1 Å². The summed E-state index contributed by atoms with van der Waals surface area (Å²) in [5, 5.41) is 0. The summed E-state index contributed by atoms with van der Waals surface area (Å²) >= 11 is 0. The van der Waals surface area contributed by atoms with Crippen molar-refractivity contribution in [3.8, 4) is 0 Å². The van der Waals surface area contributed by atoms with Crippen molar-refractivity contribution in [2.75, 3.05) is 0 Å². The molecule has 110 valence electrons. The number of halogens is 2. The zero-order valence-corrected chi connectivity index (χ0v) is 11.8. The normalized spacial score (nSPS) is 37.5. The Morgan fingerprint density at radius 1 is 1.00 bits per heavy atom. The van der Waals surface area contributed by atoms with Crippen LogP contribution in [0.3, 0.4) is 0 Å². The van der Waals surface area contributed by atoms with Gasteiger partial charge < -0.3 is 4.98 Å². The van der Waals surface area contributed by atoms with Gasteiger partial charge in [-0.3, -0.25) is 0 Å². The van der Waals surface area contributed by atoms with E-state index in [1.165, 1.54) is 44.6 Å². The van der Waals surface area contributed by atoms with Crippen molar-refractivity contribution >= 4 is 11.0 Å². The standard InChI is InChI=1S/C17H18F2N2/c18-12-4-13(19)15-14(5-12)20-16(21-15)17-6-9-1-10(7-17)3-11(2-9)8-17/h4-5,9-11H,1-3,6-8H2,(H,20,21). The highest BCUT2D eigenvalue weighted by Gasteiger charge is 2.53. The fraction of sp³-hybridized carbons (Fsp3) is 0.588. The van der Waals surface area contributed by atoms with Gasteiger partial charge in [-0.25, -0.2) is 13.8 Å². The summed E-state index contributed by atoms with van der Waals surface area (Å²) in [7, 11) is 0. The number of hydrogen-bond acceptors (Lipinski definition) is 1. The molecule has 0 aliphatic heterocycles. The highest BCUT2D eigenvalue weighted by Crippen LogP contribution is 2.60. The van der Waals surface area contributed by atoms with Crippen molar-refractivity contribution in [2.45, 2.75) is 43.9 Å². The molecular weight excluding hydrogens is 270 g/mol. The molecule has 2 aromatic rings. The third-order valence-electron chi connectivity index (χ3n) is 6.05. The lowest BCUT2D eigenvalue weighted by Crippen LogP contribution is -2.49. The van der Waals surface area contributed by atoms with E-state index in [0.29, 0.717) is 11.0 Å². The van der Waals surface area contributed by atoms with Gasteiger partial charge in [-0.05, 0) is 62.3 Å². The van der Waals surface area contributed by atoms with Gasteiger partial charge in [0, 0.05) is 11.5 Å². The van der Waals surface area contributed by atoms with Gasteiger partial charge in [-0.15, -0.1) is 0 Å². The number of aromatic nitrogens is 2. The third-order valence-corrected chi connectivity index (χ3v) is 6.05.